The monoisotopic (exact) mass is 632 g/mol. The number of carboxylic acids is 1. The number of urea groups is 1. The number of para-hydroxylation sites is 2. The maximum absolute atomic E-state index is 13.0. The molecule has 0 saturated heterocycles. The Morgan fingerprint density at radius 3 is 2.43 bits per heavy atom. The molecule has 5 rings (SSSR count). The average Bonchev–Trinajstić information content (AvgIpc) is 3.00. The van der Waals surface area contributed by atoms with E-state index in [-0.39, 0.29) is 37.4 Å². The summed E-state index contributed by atoms with van der Waals surface area (Å²) >= 11 is 12.5. The lowest BCUT2D eigenvalue weighted by Gasteiger charge is -2.23. The van der Waals surface area contributed by atoms with Gasteiger partial charge in [-0.25, -0.2) is 4.79 Å². The zero-order chi connectivity index (χ0) is 31.1. The van der Waals surface area contributed by atoms with Crippen LogP contribution < -0.4 is 25.0 Å². The van der Waals surface area contributed by atoms with Crippen molar-refractivity contribution in [1.29, 1.82) is 0 Å². The number of fused-ring (bicyclic) bond motifs is 1. The van der Waals surface area contributed by atoms with Gasteiger partial charge in [0.25, 0.3) is 0 Å². The topological polar surface area (TPSA) is 139 Å². The molecule has 0 atom stereocenters. The molecule has 4 aromatic carbocycles. The zero-order valence-corrected chi connectivity index (χ0v) is 24.8. The Kier molecular flexibility index (Phi) is 9.58. The first-order chi connectivity index (χ1) is 21.3. The second-order valence-corrected chi connectivity index (χ2v) is 10.3. The summed E-state index contributed by atoms with van der Waals surface area (Å²) in [4.78, 5) is 39.3. The Bertz CT molecular complexity index is 1820. The van der Waals surface area contributed by atoms with E-state index in [2.05, 4.69) is 25.6 Å². The molecule has 0 aliphatic carbocycles. The van der Waals surface area contributed by atoms with E-state index in [1.54, 1.807) is 53.4 Å². The molecule has 0 fully saturated rings. The molecule has 1 aromatic heterocycles. The molecule has 0 bridgehead atoms. The number of benzene rings is 4. The normalized spacial score (nSPS) is 10.7. The molecule has 2 amide bonds. The van der Waals surface area contributed by atoms with E-state index >= 15 is 0 Å². The molecule has 0 unspecified atom stereocenters. The molecule has 1 heterocycles. The third kappa shape index (κ3) is 7.82. The van der Waals surface area contributed by atoms with Crippen molar-refractivity contribution >= 4 is 63.6 Å². The van der Waals surface area contributed by atoms with Crippen LogP contribution in [-0.4, -0.2) is 45.7 Å². The van der Waals surface area contributed by atoms with E-state index in [9.17, 15) is 14.7 Å². The van der Waals surface area contributed by atoms with Crippen molar-refractivity contribution in [2.75, 3.05) is 29.2 Å². The molecular weight excluding hydrogens is 607 g/mol. The quantitative estimate of drug-likeness (QED) is 0.137. The number of hydrogen-bond acceptors (Lipinski definition) is 8. The standard InChI is InChI=1S/C31H26Cl2N6O5/c1-43-26-9-5-4-8-25(26)34-30(42)36-28-35-29(39(15-14-27(40)41)18-21-10-12-22(32)17-24(21)33)38-31(37-28)44-23-13-11-19-6-2-3-7-20(19)16-23/h2-13,16-17H,14-15,18H2,1H3,(H,40,41)(H2,34,35,36,37,38,42). The highest BCUT2D eigenvalue weighted by molar-refractivity contribution is 6.35. The lowest BCUT2D eigenvalue weighted by Crippen LogP contribution is -2.29. The summed E-state index contributed by atoms with van der Waals surface area (Å²) in [5.41, 5.74) is 1.08. The first kappa shape index (κ1) is 30.3. The first-order valence-electron chi connectivity index (χ1n) is 13.3. The summed E-state index contributed by atoms with van der Waals surface area (Å²) < 4.78 is 11.3. The Morgan fingerprint density at radius 1 is 0.886 bits per heavy atom. The fraction of sp³-hybridized carbons (Fsp3) is 0.129. The predicted octanol–water partition coefficient (Wildman–Crippen LogP) is 7.26. The molecular formula is C31H26Cl2N6O5. The van der Waals surface area contributed by atoms with Crippen LogP contribution in [0, 0.1) is 0 Å². The van der Waals surface area contributed by atoms with E-state index < -0.39 is 12.0 Å². The number of aromatic nitrogens is 3. The summed E-state index contributed by atoms with van der Waals surface area (Å²) in [7, 11) is 1.49. The number of rotatable bonds is 11. The molecule has 0 aliphatic heterocycles. The van der Waals surface area contributed by atoms with Gasteiger partial charge < -0.3 is 24.8 Å². The van der Waals surface area contributed by atoms with Gasteiger partial charge in [0.05, 0.1) is 19.2 Å². The summed E-state index contributed by atoms with van der Waals surface area (Å²) in [6.07, 6.45) is -0.227. The number of carboxylic acid groups (broad SMARTS) is 1. The SMILES string of the molecule is COc1ccccc1NC(=O)Nc1nc(Oc2ccc3ccccc3c2)nc(N(CCC(=O)O)Cc2ccc(Cl)cc2Cl)n1. The minimum absolute atomic E-state index is 0.0145. The van der Waals surface area contributed by atoms with Crippen LogP contribution >= 0.6 is 23.2 Å². The van der Waals surface area contributed by atoms with Crippen molar-refractivity contribution in [3.05, 3.63) is 101 Å². The molecule has 44 heavy (non-hydrogen) atoms. The second-order valence-electron chi connectivity index (χ2n) is 9.43. The Labute approximate surface area is 262 Å². The fourth-order valence-corrected chi connectivity index (χ4v) is 4.73. The van der Waals surface area contributed by atoms with Crippen molar-refractivity contribution in [1.82, 2.24) is 15.0 Å². The predicted molar refractivity (Wildman–Crippen MR) is 169 cm³/mol. The van der Waals surface area contributed by atoms with Crippen LogP contribution in [0.2, 0.25) is 10.0 Å². The van der Waals surface area contributed by atoms with Crippen LogP contribution in [0.5, 0.6) is 17.5 Å². The van der Waals surface area contributed by atoms with Gasteiger partial charge in [-0.05, 0) is 52.7 Å². The number of nitrogens with one attached hydrogen (secondary N) is 2. The highest BCUT2D eigenvalue weighted by Crippen LogP contribution is 2.28. The van der Waals surface area contributed by atoms with Gasteiger partial charge >= 0.3 is 18.0 Å². The minimum Gasteiger partial charge on any atom is -0.495 e. The Morgan fingerprint density at radius 2 is 1.66 bits per heavy atom. The Balaban J connectivity index is 1.50. The van der Waals surface area contributed by atoms with Gasteiger partial charge in [-0.3, -0.25) is 10.1 Å². The van der Waals surface area contributed by atoms with Crippen molar-refractivity contribution in [3.63, 3.8) is 0 Å². The number of aliphatic carboxylic acids is 1. The number of halogens is 2. The number of ether oxygens (including phenoxy) is 2. The van der Waals surface area contributed by atoms with Crippen LogP contribution in [0.15, 0.2) is 84.9 Å². The number of carbonyl (C=O) groups excluding carboxylic acids is 1. The first-order valence-corrected chi connectivity index (χ1v) is 14.1. The smallest absolute Gasteiger partial charge is 0.328 e. The average molecular weight is 633 g/mol. The molecule has 0 saturated carbocycles. The molecule has 11 nitrogen and oxygen atoms in total. The van der Waals surface area contributed by atoms with E-state index in [1.807, 2.05) is 36.4 Å². The zero-order valence-electron chi connectivity index (χ0n) is 23.3. The van der Waals surface area contributed by atoms with Crippen LogP contribution in [0.25, 0.3) is 10.8 Å². The largest absolute Gasteiger partial charge is 0.495 e. The number of hydrogen-bond donors (Lipinski definition) is 3. The van der Waals surface area contributed by atoms with Gasteiger partial charge in [-0.2, -0.15) is 15.0 Å². The highest BCUT2D eigenvalue weighted by atomic mass is 35.5. The molecule has 0 spiro atoms. The highest BCUT2D eigenvalue weighted by Gasteiger charge is 2.19. The summed E-state index contributed by atoms with van der Waals surface area (Å²) in [5.74, 6) is -0.202. The van der Waals surface area contributed by atoms with E-state index in [4.69, 9.17) is 32.7 Å². The lowest BCUT2D eigenvalue weighted by molar-refractivity contribution is -0.136. The fourth-order valence-electron chi connectivity index (χ4n) is 4.26. The minimum atomic E-state index is -1.02. The number of anilines is 3. The molecule has 0 radical (unpaired) electrons. The molecule has 5 aromatic rings. The molecule has 13 heteroatoms. The van der Waals surface area contributed by atoms with Crippen molar-refractivity contribution in [3.8, 4) is 17.5 Å². The summed E-state index contributed by atoms with van der Waals surface area (Å²) in [6.45, 7) is 0.149. The van der Waals surface area contributed by atoms with Crippen LogP contribution in [0.1, 0.15) is 12.0 Å². The number of nitrogens with zero attached hydrogens (tertiary/aromatic N) is 4. The van der Waals surface area contributed by atoms with Crippen molar-refractivity contribution in [2.45, 2.75) is 13.0 Å². The van der Waals surface area contributed by atoms with Gasteiger partial charge in [0.1, 0.15) is 11.5 Å². The third-order valence-corrected chi connectivity index (χ3v) is 6.96. The van der Waals surface area contributed by atoms with E-state index in [1.165, 1.54) is 7.11 Å². The second kappa shape index (κ2) is 13.9. The van der Waals surface area contributed by atoms with Crippen LogP contribution in [0.3, 0.4) is 0 Å². The number of carbonyl (C=O) groups is 2. The van der Waals surface area contributed by atoms with Gasteiger partial charge in [-0.1, -0.05) is 71.7 Å². The van der Waals surface area contributed by atoms with Gasteiger partial charge in [-0.15, -0.1) is 0 Å². The van der Waals surface area contributed by atoms with Gasteiger partial charge in [0.15, 0.2) is 0 Å². The number of methoxy groups -OCH3 is 1. The van der Waals surface area contributed by atoms with E-state index in [0.717, 1.165) is 10.8 Å². The maximum atomic E-state index is 13.0. The van der Waals surface area contributed by atoms with Gasteiger partial charge in [0.2, 0.25) is 11.9 Å². The molecule has 224 valence electrons. The number of amides is 2. The summed E-state index contributed by atoms with van der Waals surface area (Å²) in [6, 6.07) is 24.4. The van der Waals surface area contributed by atoms with Gasteiger partial charge in [0, 0.05) is 23.1 Å². The van der Waals surface area contributed by atoms with Crippen LogP contribution in [0.4, 0.5) is 22.4 Å². The van der Waals surface area contributed by atoms with Crippen LogP contribution in [-0.2, 0) is 11.3 Å². The molecule has 3 N–H and O–H groups in total. The third-order valence-electron chi connectivity index (χ3n) is 6.37. The lowest BCUT2D eigenvalue weighted by atomic mass is 10.1. The summed E-state index contributed by atoms with van der Waals surface area (Å²) in [5, 5.41) is 17.5. The molecule has 0 aliphatic rings. The van der Waals surface area contributed by atoms with E-state index in [0.29, 0.717) is 32.8 Å². The van der Waals surface area contributed by atoms with Crippen molar-refractivity contribution < 1.29 is 24.2 Å². The van der Waals surface area contributed by atoms with Crippen molar-refractivity contribution in [2.24, 2.45) is 0 Å². The maximum Gasteiger partial charge on any atom is 0.328 e. The Hall–Kier alpha value is -5.13.